The Balaban J connectivity index is 1.29. The van der Waals surface area contributed by atoms with Gasteiger partial charge in [0.1, 0.15) is 0 Å². The van der Waals surface area contributed by atoms with Crippen molar-refractivity contribution in [2.75, 3.05) is 0 Å². The molecule has 4 aromatic rings. The first-order valence-corrected chi connectivity index (χ1v) is 9.21. The van der Waals surface area contributed by atoms with Crippen LogP contribution in [0.25, 0.3) is 21.5 Å². The van der Waals surface area contributed by atoms with Gasteiger partial charge in [0, 0.05) is 18.4 Å². The van der Waals surface area contributed by atoms with Gasteiger partial charge in [-0.15, -0.1) is 11.3 Å². The van der Waals surface area contributed by atoms with E-state index in [9.17, 15) is 4.79 Å². The molecule has 1 amide bonds. The molecule has 0 atom stereocenters. The lowest BCUT2D eigenvalue weighted by atomic mass is 10.2. The number of para-hydroxylation sites is 1. The lowest BCUT2D eigenvalue weighted by Crippen LogP contribution is -2.23. The fourth-order valence-electron chi connectivity index (χ4n) is 2.64. The molecular formula is C20H17N3O2S. The molecule has 6 heteroatoms. The average Bonchev–Trinajstić information content (AvgIpc) is 3.32. The molecule has 0 spiro atoms. The molecule has 2 aromatic carbocycles. The Bertz CT molecular complexity index is 991. The first-order chi connectivity index (χ1) is 12.8. The summed E-state index contributed by atoms with van der Waals surface area (Å²) in [6.45, 7) is 0.283. The molecule has 5 nitrogen and oxygen atoms in total. The number of hydrogen-bond donors (Lipinski definition) is 1. The van der Waals surface area contributed by atoms with Gasteiger partial charge in [-0.1, -0.05) is 42.5 Å². The van der Waals surface area contributed by atoms with Crippen LogP contribution in [-0.4, -0.2) is 15.9 Å². The summed E-state index contributed by atoms with van der Waals surface area (Å²) in [6.07, 6.45) is 2.70. The number of amides is 1. The minimum Gasteiger partial charge on any atom is -0.439 e. The van der Waals surface area contributed by atoms with Gasteiger partial charge in [-0.3, -0.25) is 4.79 Å². The van der Waals surface area contributed by atoms with Crippen molar-refractivity contribution in [1.82, 2.24) is 15.3 Å². The second-order valence-electron chi connectivity index (χ2n) is 5.84. The van der Waals surface area contributed by atoms with Gasteiger partial charge in [0.05, 0.1) is 28.0 Å². The van der Waals surface area contributed by atoms with Gasteiger partial charge in [-0.2, -0.15) is 0 Å². The molecule has 0 bridgehead atoms. The molecule has 0 unspecified atom stereocenters. The van der Waals surface area contributed by atoms with Crippen molar-refractivity contribution in [2.45, 2.75) is 19.4 Å². The fourth-order valence-corrected chi connectivity index (χ4v) is 3.60. The number of rotatable bonds is 6. The van der Waals surface area contributed by atoms with Gasteiger partial charge in [0.15, 0.2) is 5.76 Å². The predicted molar refractivity (Wildman–Crippen MR) is 102 cm³/mol. The van der Waals surface area contributed by atoms with Gasteiger partial charge in [-0.05, 0) is 12.1 Å². The molecule has 26 heavy (non-hydrogen) atoms. The van der Waals surface area contributed by atoms with Crippen LogP contribution < -0.4 is 5.32 Å². The molecule has 2 heterocycles. The summed E-state index contributed by atoms with van der Waals surface area (Å²) >= 11 is 1.63. The van der Waals surface area contributed by atoms with Crippen molar-refractivity contribution in [1.29, 1.82) is 0 Å². The highest BCUT2D eigenvalue weighted by atomic mass is 32.1. The SMILES string of the molecule is O=C(CCc1nc2ccccc2s1)NCc1ncc(-c2ccccc2)o1. The third-order valence-corrected chi connectivity index (χ3v) is 5.05. The van der Waals surface area contributed by atoms with Crippen molar-refractivity contribution in [3.63, 3.8) is 0 Å². The van der Waals surface area contributed by atoms with E-state index in [2.05, 4.69) is 15.3 Å². The number of hydrogen-bond acceptors (Lipinski definition) is 5. The number of oxazole rings is 1. The Morgan fingerprint density at radius 1 is 1.08 bits per heavy atom. The van der Waals surface area contributed by atoms with Gasteiger partial charge >= 0.3 is 0 Å². The minimum absolute atomic E-state index is 0.0382. The van der Waals surface area contributed by atoms with Crippen LogP contribution in [0, 0.1) is 0 Å². The number of benzene rings is 2. The lowest BCUT2D eigenvalue weighted by molar-refractivity contribution is -0.121. The Labute approximate surface area is 154 Å². The molecule has 0 saturated carbocycles. The molecule has 0 fully saturated rings. The molecule has 0 saturated heterocycles. The topological polar surface area (TPSA) is 68.0 Å². The largest absolute Gasteiger partial charge is 0.439 e. The van der Waals surface area contributed by atoms with Gasteiger partial charge in [-0.25, -0.2) is 9.97 Å². The number of carbonyl (C=O) groups excluding carboxylic acids is 1. The molecular weight excluding hydrogens is 346 g/mol. The van der Waals surface area contributed by atoms with Crippen LogP contribution in [-0.2, 0) is 17.8 Å². The number of nitrogens with zero attached hydrogens (tertiary/aromatic N) is 2. The fraction of sp³-hybridized carbons (Fsp3) is 0.150. The zero-order valence-electron chi connectivity index (χ0n) is 14.0. The number of thiazole rings is 1. The first-order valence-electron chi connectivity index (χ1n) is 8.39. The summed E-state index contributed by atoms with van der Waals surface area (Å²) in [5.41, 5.74) is 1.95. The van der Waals surface area contributed by atoms with Crippen LogP contribution in [0.3, 0.4) is 0 Å². The summed E-state index contributed by atoms with van der Waals surface area (Å²) in [4.78, 5) is 20.8. The monoisotopic (exact) mass is 363 g/mol. The Morgan fingerprint density at radius 3 is 2.73 bits per heavy atom. The van der Waals surface area contributed by atoms with E-state index >= 15 is 0 Å². The van der Waals surface area contributed by atoms with Crippen LogP contribution in [0.2, 0.25) is 0 Å². The van der Waals surface area contributed by atoms with Crippen molar-refractivity contribution >= 4 is 27.5 Å². The molecule has 2 aromatic heterocycles. The van der Waals surface area contributed by atoms with Gasteiger partial charge in [0.25, 0.3) is 0 Å². The average molecular weight is 363 g/mol. The van der Waals surface area contributed by atoms with E-state index in [1.165, 1.54) is 0 Å². The summed E-state index contributed by atoms with van der Waals surface area (Å²) in [5.74, 6) is 1.16. The Morgan fingerprint density at radius 2 is 1.88 bits per heavy atom. The second kappa shape index (κ2) is 7.49. The lowest BCUT2D eigenvalue weighted by Gasteiger charge is -2.01. The van der Waals surface area contributed by atoms with E-state index in [1.54, 1.807) is 17.5 Å². The van der Waals surface area contributed by atoms with Gasteiger partial charge < -0.3 is 9.73 Å². The molecule has 130 valence electrons. The maximum atomic E-state index is 12.1. The van der Waals surface area contributed by atoms with Crippen LogP contribution in [0.15, 0.2) is 65.2 Å². The molecule has 0 aliphatic rings. The van der Waals surface area contributed by atoms with Crippen molar-refractivity contribution in [2.24, 2.45) is 0 Å². The molecule has 0 radical (unpaired) electrons. The molecule has 0 aliphatic carbocycles. The third kappa shape index (κ3) is 3.81. The minimum atomic E-state index is -0.0382. The van der Waals surface area contributed by atoms with Crippen molar-refractivity contribution < 1.29 is 9.21 Å². The van der Waals surface area contributed by atoms with Crippen molar-refractivity contribution in [3.05, 3.63) is 71.7 Å². The summed E-state index contributed by atoms with van der Waals surface area (Å²) in [6, 6.07) is 17.8. The number of aryl methyl sites for hydroxylation is 1. The van der Waals surface area contributed by atoms with Crippen LogP contribution in [0.4, 0.5) is 0 Å². The quantitative estimate of drug-likeness (QED) is 0.557. The van der Waals surface area contributed by atoms with E-state index in [0.717, 1.165) is 20.8 Å². The third-order valence-electron chi connectivity index (χ3n) is 3.95. The number of carbonyl (C=O) groups is 1. The summed E-state index contributed by atoms with van der Waals surface area (Å²) < 4.78 is 6.84. The number of fused-ring (bicyclic) bond motifs is 1. The highest BCUT2D eigenvalue weighted by molar-refractivity contribution is 7.18. The first kappa shape index (κ1) is 16.5. The summed E-state index contributed by atoms with van der Waals surface area (Å²) in [5, 5.41) is 3.83. The molecule has 1 N–H and O–H groups in total. The number of nitrogens with one attached hydrogen (secondary N) is 1. The molecule has 0 aliphatic heterocycles. The molecule has 4 rings (SSSR count). The number of aromatic nitrogens is 2. The second-order valence-corrected chi connectivity index (χ2v) is 6.95. The van der Waals surface area contributed by atoms with E-state index in [1.807, 2.05) is 54.6 Å². The highest BCUT2D eigenvalue weighted by Gasteiger charge is 2.09. The van der Waals surface area contributed by atoms with Crippen LogP contribution in [0.5, 0.6) is 0 Å². The van der Waals surface area contributed by atoms with E-state index < -0.39 is 0 Å². The normalized spacial score (nSPS) is 10.9. The highest BCUT2D eigenvalue weighted by Crippen LogP contribution is 2.22. The maximum absolute atomic E-state index is 12.1. The van der Waals surface area contributed by atoms with E-state index in [4.69, 9.17) is 4.42 Å². The van der Waals surface area contributed by atoms with Crippen molar-refractivity contribution in [3.8, 4) is 11.3 Å². The zero-order valence-corrected chi connectivity index (χ0v) is 14.8. The van der Waals surface area contributed by atoms with Gasteiger partial charge in [0.2, 0.25) is 11.8 Å². The van der Waals surface area contributed by atoms with Crippen LogP contribution >= 0.6 is 11.3 Å². The Hall–Kier alpha value is -2.99. The predicted octanol–water partition coefficient (Wildman–Crippen LogP) is 4.20. The van der Waals surface area contributed by atoms with E-state index in [0.29, 0.717) is 24.5 Å². The van der Waals surface area contributed by atoms with E-state index in [-0.39, 0.29) is 12.5 Å². The maximum Gasteiger partial charge on any atom is 0.220 e. The standard InChI is InChI=1S/C20H17N3O2S/c24-18(10-11-20-23-15-8-4-5-9-17(15)26-20)21-13-19-22-12-16(25-19)14-6-2-1-3-7-14/h1-9,12H,10-11,13H2,(H,21,24). The zero-order chi connectivity index (χ0) is 17.8. The Kier molecular flexibility index (Phi) is 4.75. The smallest absolute Gasteiger partial charge is 0.220 e. The van der Waals surface area contributed by atoms with Crippen LogP contribution in [0.1, 0.15) is 17.3 Å². The summed E-state index contributed by atoms with van der Waals surface area (Å²) in [7, 11) is 0.